The molecule has 0 unspecified atom stereocenters. The van der Waals surface area contributed by atoms with Gasteiger partial charge in [-0.25, -0.2) is 0 Å². The predicted octanol–water partition coefficient (Wildman–Crippen LogP) is 3.90. The van der Waals surface area contributed by atoms with Crippen molar-refractivity contribution < 1.29 is 9.47 Å². The Balaban J connectivity index is 1.61. The van der Waals surface area contributed by atoms with Crippen LogP contribution in [0.4, 0.5) is 0 Å². The summed E-state index contributed by atoms with van der Waals surface area (Å²) in [5.41, 5.74) is 25.5. The lowest BCUT2D eigenvalue weighted by Gasteiger charge is -2.07. The molecule has 0 radical (unpaired) electrons. The van der Waals surface area contributed by atoms with Gasteiger partial charge in [0.05, 0.1) is 36.5 Å². The molecule has 214 valence electrons. The molecule has 3 aromatic carbocycles. The molecule has 0 atom stereocenters. The van der Waals surface area contributed by atoms with Crippen molar-refractivity contribution in [1.29, 1.82) is 10.5 Å². The van der Waals surface area contributed by atoms with Gasteiger partial charge < -0.3 is 32.4 Å². The van der Waals surface area contributed by atoms with Crippen molar-refractivity contribution in [3.63, 3.8) is 0 Å². The first-order chi connectivity index (χ1) is 20.4. The van der Waals surface area contributed by atoms with Crippen molar-refractivity contribution >= 4 is 35.2 Å². The Bertz CT molecular complexity index is 1380. The highest BCUT2D eigenvalue weighted by Crippen LogP contribution is 2.24. The van der Waals surface area contributed by atoms with Crippen LogP contribution in [-0.4, -0.2) is 38.2 Å². The van der Waals surface area contributed by atoms with Gasteiger partial charge in [-0.1, -0.05) is 48.5 Å². The van der Waals surface area contributed by atoms with E-state index in [2.05, 4.69) is 22.1 Å². The molecular weight excluding hydrogens is 528 g/mol. The zero-order valence-corrected chi connectivity index (χ0v) is 23.2. The Labute approximate surface area is 245 Å². The second-order valence-electron chi connectivity index (χ2n) is 9.07. The van der Waals surface area contributed by atoms with Gasteiger partial charge in [-0.15, -0.1) is 0 Å². The average Bonchev–Trinajstić information content (AvgIpc) is 2.99. The summed E-state index contributed by atoms with van der Waals surface area (Å²) in [5.74, 6) is 1.57. The quantitative estimate of drug-likeness (QED) is 0.0746. The number of benzene rings is 3. The summed E-state index contributed by atoms with van der Waals surface area (Å²) < 4.78 is 11.4. The van der Waals surface area contributed by atoms with Gasteiger partial charge in [0.15, 0.2) is 11.9 Å². The highest BCUT2D eigenvalue weighted by Gasteiger charge is 2.06. The zero-order valence-electron chi connectivity index (χ0n) is 23.2. The second-order valence-corrected chi connectivity index (χ2v) is 9.07. The fourth-order valence-corrected chi connectivity index (χ4v) is 3.77. The summed E-state index contributed by atoms with van der Waals surface area (Å²) in [5, 5.41) is 19.6. The van der Waals surface area contributed by atoms with E-state index in [1.165, 1.54) is 0 Å². The largest absolute Gasteiger partial charge is 0.494 e. The standard InChI is InChI=1S/C32H34N8O2/c33-21-27(19-23-3-11-29(12-4-23)41-17-1-15-39-31(35)36)25-7-9-26(10-8-25)28(22-34)20-24-5-13-30(14-6-24)42-18-2-16-40-32(37)38/h3-14,19-20H,1-2,15-18H2,(H4,35,36,39)(H4,37,38,40)/b27-19+,28-20+. The van der Waals surface area contributed by atoms with Crippen LogP contribution in [0.3, 0.4) is 0 Å². The Morgan fingerprint density at radius 3 is 1.26 bits per heavy atom. The lowest BCUT2D eigenvalue weighted by molar-refractivity contribution is 0.313. The Morgan fingerprint density at radius 1 is 0.595 bits per heavy atom. The van der Waals surface area contributed by atoms with Gasteiger partial charge in [-0.3, -0.25) is 9.98 Å². The van der Waals surface area contributed by atoms with Gasteiger partial charge in [0.25, 0.3) is 0 Å². The van der Waals surface area contributed by atoms with Gasteiger partial charge >= 0.3 is 0 Å². The number of nitrogens with zero attached hydrogens (tertiary/aromatic N) is 4. The molecule has 3 aromatic rings. The van der Waals surface area contributed by atoms with Gasteiger partial charge in [-0.2, -0.15) is 10.5 Å². The van der Waals surface area contributed by atoms with Gasteiger partial charge in [0.2, 0.25) is 0 Å². The van der Waals surface area contributed by atoms with Crippen LogP contribution in [0.15, 0.2) is 82.8 Å². The van der Waals surface area contributed by atoms with Crippen molar-refractivity contribution in [1.82, 2.24) is 0 Å². The Morgan fingerprint density at radius 2 is 0.952 bits per heavy atom. The zero-order chi connectivity index (χ0) is 30.2. The first-order valence-corrected chi connectivity index (χ1v) is 13.3. The van der Waals surface area contributed by atoms with E-state index in [9.17, 15) is 10.5 Å². The molecule has 10 heteroatoms. The summed E-state index contributed by atoms with van der Waals surface area (Å²) >= 11 is 0. The molecule has 0 aliphatic rings. The van der Waals surface area contributed by atoms with Crippen LogP contribution >= 0.6 is 0 Å². The van der Waals surface area contributed by atoms with Gasteiger partial charge in [-0.05, 0) is 58.7 Å². The third-order valence-electron chi connectivity index (χ3n) is 5.86. The van der Waals surface area contributed by atoms with Gasteiger partial charge in [0, 0.05) is 25.9 Å². The van der Waals surface area contributed by atoms with Crippen LogP contribution < -0.4 is 32.4 Å². The minimum absolute atomic E-state index is 0.0677. The minimum Gasteiger partial charge on any atom is -0.494 e. The minimum atomic E-state index is 0.0677. The fraction of sp³-hybridized carbons (Fsp3) is 0.188. The number of nitriles is 2. The van der Waals surface area contributed by atoms with Crippen LogP contribution in [0.25, 0.3) is 23.3 Å². The number of hydrogen-bond donors (Lipinski definition) is 4. The van der Waals surface area contributed by atoms with E-state index in [0.717, 1.165) is 33.8 Å². The van der Waals surface area contributed by atoms with Crippen LogP contribution in [0, 0.1) is 22.7 Å². The molecule has 0 spiro atoms. The molecule has 10 nitrogen and oxygen atoms in total. The number of ether oxygens (including phenoxy) is 2. The molecule has 8 N–H and O–H groups in total. The third kappa shape index (κ3) is 10.4. The molecule has 0 saturated carbocycles. The molecule has 0 heterocycles. The SMILES string of the molecule is N#C/C(=C\c1ccc(OCCCN=C(N)N)cc1)c1ccc(/C(C#N)=C/c2ccc(OCCCN=C(N)N)cc2)cc1. The smallest absolute Gasteiger partial charge is 0.185 e. The average molecular weight is 563 g/mol. The lowest BCUT2D eigenvalue weighted by atomic mass is 9.99. The van der Waals surface area contributed by atoms with E-state index < -0.39 is 0 Å². The number of rotatable bonds is 14. The maximum absolute atomic E-state index is 9.78. The molecule has 0 bridgehead atoms. The Hall–Kier alpha value is -5.74. The molecule has 0 aromatic heterocycles. The van der Waals surface area contributed by atoms with E-state index >= 15 is 0 Å². The normalized spacial score (nSPS) is 11.1. The van der Waals surface area contributed by atoms with Crippen LogP contribution in [0.5, 0.6) is 11.5 Å². The molecule has 0 aliphatic carbocycles. The molecule has 0 saturated heterocycles. The van der Waals surface area contributed by atoms with E-state index in [0.29, 0.717) is 50.3 Å². The van der Waals surface area contributed by atoms with Crippen molar-refractivity contribution in [2.24, 2.45) is 32.9 Å². The van der Waals surface area contributed by atoms with Gasteiger partial charge in [0.1, 0.15) is 11.5 Å². The summed E-state index contributed by atoms with van der Waals surface area (Å²) in [6, 6.07) is 26.8. The number of allylic oxidation sites excluding steroid dienone is 2. The molecule has 3 rings (SSSR count). The molecule has 0 amide bonds. The van der Waals surface area contributed by atoms with Crippen molar-refractivity contribution in [2.75, 3.05) is 26.3 Å². The molecule has 42 heavy (non-hydrogen) atoms. The van der Waals surface area contributed by atoms with Crippen LogP contribution in [0.1, 0.15) is 35.1 Å². The summed E-state index contributed by atoms with van der Waals surface area (Å²) in [7, 11) is 0. The first-order valence-electron chi connectivity index (χ1n) is 13.3. The van der Waals surface area contributed by atoms with E-state index in [-0.39, 0.29) is 11.9 Å². The maximum atomic E-state index is 9.78. The summed E-state index contributed by atoms with van der Waals surface area (Å²) in [4.78, 5) is 7.84. The number of nitrogens with two attached hydrogens (primary N) is 4. The number of aliphatic imine (C=N–C) groups is 2. The van der Waals surface area contributed by atoms with E-state index in [4.69, 9.17) is 32.4 Å². The molecular formula is C32H34N8O2. The van der Waals surface area contributed by atoms with Crippen molar-refractivity contribution in [2.45, 2.75) is 12.8 Å². The topological polar surface area (TPSA) is 195 Å². The van der Waals surface area contributed by atoms with Crippen molar-refractivity contribution in [3.8, 4) is 23.6 Å². The monoisotopic (exact) mass is 562 g/mol. The third-order valence-corrected chi connectivity index (χ3v) is 5.86. The first kappa shape index (κ1) is 30.8. The van der Waals surface area contributed by atoms with Crippen LogP contribution in [-0.2, 0) is 0 Å². The summed E-state index contributed by atoms with van der Waals surface area (Å²) in [6.07, 6.45) is 5.01. The lowest BCUT2D eigenvalue weighted by Crippen LogP contribution is -2.23. The molecule has 0 aliphatic heterocycles. The maximum Gasteiger partial charge on any atom is 0.185 e. The van der Waals surface area contributed by atoms with E-state index in [1.54, 1.807) is 0 Å². The predicted molar refractivity (Wildman–Crippen MR) is 168 cm³/mol. The van der Waals surface area contributed by atoms with E-state index in [1.807, 2.05) is 84.9 Å². The van der Waals surface area contributed by atoms with Crippen molar-refractivity contribution in [3.05, 3.63) is 95.1 Å². The highest BCUT2D eigenvalue weighted by atomic mass is 16.5. The Kier molecular flexibility index (Phi) is 12.0. The number of guanidine groups is 2. The van der Waals surface area contributed by atoms with Crippen LogP contribution in [0.2, 0.25) is 0 Å². The summed E-state index contributed by atoms with van der Waals surface area (Å²) in [6.45, 7) is 1.99. The second kappa shape index (κ2) is 16.4. The number of hydrogen-bond acceptors (Lipinski definition) is 6. The fourth-order valence-electron chi connectivity index (χ4n) is 3.77. The molecule has 0 fully saturated rings. The highest BCUT2D eigenvalue weighted by molar-refractivity contribution is 5.92.